The molecule has 5 nitrogen and oxygen atoms in total. The Bertz CT molecular complexity index is 731. The molecule has 0 radical (unpaired) electrons. The van der Waals surface area contributed by atoms with Gasteiger partial charge in [0, 0.05) is 11.6 Å². The van der Waals surface area contributed by atoms with Crippen molar-refractivity contribution in [3.63, 3.8) is 0 Å². The van der Waals surface area contributed by atoms with E-state index in [1.807, 2.05) is 24.3 Å². The zero-order valence-corrected chi connectivity index (χ0v) is 11.4. The summed E-state index contributed by atoms with van der Waals surface area (Å²) in [5, 5.41) is 17.2. The molecule has 0 amide bonds. The van der Waals surface area contributed by atoms with Crippen LogP contribution in [-0.4, -0.2) is 25.7 Å². The molecule has 0 unspecified atom stereocenters. The highest BCUT2D eigenvalue weighted by atomic mass is 16.3. The zero-order valence-electron chi connectivity index (χ0n) is 11.4. The number of nitrogens with one attached hydrogen (secondary N) is 1. The highest BCUT2D eigenvalue weighted by Gasteiger charge is 2.08. The van der Waals surface area contributed by atoms with Gasteiger partial charge in [-0.15, -0.1) is 5.10 Å². The van der Waals surface area contributed by atoms with Crippen LogP contribution in [0.25, 0.3) is 16.9 Å². The number of imidazole rings is 1. The van der Waals surface area contributed by atoms with Crippen LogP contribution in [0, 0.1) is 0 Å². The molecule has 2 N–H and O–H groups in total. The van der Waals surface area contributed by atoms with E-state index in [9.17, 15) is 5.11 Å². The van der Waals surface area contributed by atoms with Crippen LogP contribution in [0.3, 0.4) is 0 Å². The van der Waals surface area contributed by atoms with Gasteiger partial charge >= 0.3 is 0 Å². The quantitative estimate of drug-likeness (QED) is 0.766. The molecule has 0 aliphatic carbocycles. The molecular formula is C15H16N4O. The van der Waals surface area contributed by atoms with E-state index >= 15 is 0 Å². The highest BCUT2D eigenvalue weighted by Crippen LogP contribution is 2.23. The Balaban J connectivity index is 2.09. The molecule has 3 aromatic rings. The number of rotatable bonds is 3. The molecular weight excluding hydrogens is 252 g/mol. The molecule has 0 saturated carbocycles. The molecule has 0 aliphatic rings. The first kappa shape index (κ1) is 12.5. The van der Waals surface area contributed by atoms with Gasteiger partial charge in [0.1, 0.15) is 11.6 Å². The Labute approximate surface area is 116 Å². The third-order valence-electron chi connectivity index (χ3n) is 2.96. The SMILES string of the molecule is CC(C)Nc1ccc2ncc(-c3ccc(O)cc3)n2n1. The average molecular weight is 268 g/mol. The molecule has 102 valence electrons. The van der Waals surface area contributed by atoms with Crippen LogP contribution in [0.1, 0.15) is 13.8 Å². The van der Waals surface area contributed by atoms with Gasteiger partial charge in [0.15, 0.2) is 5.65 Å². The summed E-state index contributed by atoms with van der Waals surface area (Å²) < 4.78 is 1.80. The van der Waals surface area contributed by atoms with E-state index in [0.717, 1.165) is 22.7 Å². The molecule has 2 aromatic heterocycles. The van der Waals surface area contributed by atoms with Crippen molar-refractivity contribution in [2.75, 3.05) is 5.32 Å². The Hall–Kier alpha value is -2.56. The van der Waals surface area contributed by atoms with Gasteiger partial charge in [-0.05, 0) is 50.2 Å². The van der Waals surface area contributed by atoms with Crippen LogP contribution >= 0.6 is 0 Å². The molecule has 0 aliphatic heterocycles. The van der Waals surface area contributed by atoms with Gasteiger partial charge in [0.2, 0.25) is 0 Å². The topological polar surface area (TPSA) is 62.5 Å². The average Bonchev–Trinajstić information content (AvgIpc) is 2.82. The molecule has 20 heavy (non-hydrogen) atoms. The number of anilines is 1. The van der Waals surface area contributed by atoms with E-state index in [1.54, 1.807) is 22.8 Å². The summed E-state index contributed by atoms with van der Waals surface area (Å²) in [6.07, 6.45) is 1.79. The summed E-state index contributed by atoms with van der Waals surface area (Å²) in [5.74, 6) is 1.06. The van der Waals surface area contributed by atoms with Crippen LogP contribution in [-0.2, 0) is 0 Å². The van der Waals surface area contributed by atoms with Crippen molar-refractivity contribution in [1.82, 2.24) is 14.6 Å². The second kappa shape index (κ2) is 4.85. The summed E-state index contributed by atoms with van der Waals surface area (Å²) in [6, 6.07) is 11.2. The second-order valence-electron chi connectivity index (χ2n) is 4.98. The number of nitrogens with zero attached hydrogens (tertiary/aromatic N) is 3. The summed E-state index contributed by atoms with van der Waals surface area (Å²) in [6.45, 7) is 4.14. The molecule has 0 fully saturated rings. The van der Waals surface area contributed by atoms with Crippen LogP contribution in [0.5, 0.6) is 5.75 Å². The fourth-order valence-corrected chi connectivity index (χ4v) is 2.08. The number of fused-ring (bicyclic) bond motifs is 1. The van der Waals surface area contributed by atoms with Crippen molar-refractivity contribution >= 4 is 11.5 Å². The number of benzene rings is 1. The number of phenols is 1. The summed E-state index contributed by atoms with van der Waals surface area (Å²) in [5.41, 5.74) is 2.65. The van der Waals surface area contributed by atoms with Crippen molar-refractivity contribution < 1.29 is 5.11 Å². The Morgan fingerprint density at radius 3 is 2.55 bits per heavy atom. The normalized spacial score (nSPS) is 11.2. The van der Waals surface area contributed by atoms with E-state index in [2.05, 4.69) is 29.2 Å². The molecule has 0 saturated heterocycles. The largest absolute Gasteiger partial charge is 0.508 e. The minimum Gasteiger partial charge on any atom is -0.508 e. The zero-order chi connectivity index (χ0) is 14.1. The maximum absolute atomic E-state index is 9.36. The van der Waals surface area contributed by atoms with Crippen molar-refractivity contribution in [1.29, 1.82) is 0 Å². The van der Waals surface area contributed by atoms with Crippen LogP contribution in [0.4, 0.5) is 5.82 Å². The number of hydrogen-bond donors (Lipinski definition) is 2. The fourth-order valence-electron chi connectivity index (χ4n) is 2.08. The monoisotopic (exact) mass is 268 g/mol. The molecule has 2 heterocycles. The number of aromatic hydroxyl groups is 1. The summed E-state index contributed by atoms with van der Waals surface area (Å²) in [4.78, 5) is 4.35. The van der Waals surface area contributed by atoms with E-state index < -0.39 is 0 Å². The Kier molecular flexibility index (Phi) is 3.02. The van der Waals surface area contributed by atoms with Gasteiger partial charge in [0.25, 0.3) is 0 Å². The lowest BCUT2D eigenvalue weighted by Crippen LogP contribution is -2.12. The van der Waals surface area contributed by atoms with Gasteiger partial charge in [-0.2, -0.15) is 0 Å². The smallest absolute Gasteiger partial charge is 0.154 e. The third kappa shape index (κ3) is 2.30. The predicted molar refractivity (Wildman–Crippen MR) is 78.8 cm³/mol. The Morgan fingerprint density at radius 1 is 1.10 bits per heavy atom. The van der Waals surface area contributed by atoms with Crippen molar-refractivity contribution in [2.24, 2.45) is 0 Å². The number of aromatic nitrogens is 3. The lowest BCUT2D eigenvalue weighted by atomic mass is 10.2. The molecule has 5 heteroatoms. The predicted octanol–water partition coefficient (Wildman–Crippen LogP) is 2.92. The lowest BCUT2D eigenvalue weighted by molar-refractivity contribution is 0.475. The lowest BCUT2D eigenvalue weighted by Gasteiger charge is -2.09. The van der Waals surface area contributed by atoms with Gasteiger partial charge in [-0.25, -0.2) is 9.50 Å². The minimum absolute atomic E-state index is 0.248. The first-order valence-electron chi connectivity index (χ1n) is 6.54. The van der Waals surface area contributed by atoms with E-state index in [-0.39, 0.29) is 5.75 Å². The first-order chi connectivity index (χ1) is 9.63. The fraction of sp³-hybridized carbons (Fsp3) is 0.200. The second-order valence-corrected chi connectivity index (χ2v) is 4.98. The van der Waals surface area contributed by atoms with Crippen LogP contribution in [0.15, 0.2) is 42.6 Å². The molecule has 0 spiro atoms. The summed E-state index contributed by atoms with van der Waals surface area (Å²) in [7, 11) is 0. The highest BCUT2D eigenvalue weighted by molar-refractivity contribution is 5.64. The van der Waals surface area contributed by atoms with Crippen molar-refractivity contribution in [3.05, 3.63) is 42.6 Å². The number of hydrogen-bond acceptors (Lipinski definition) is 4. The third-order valence-corrected chi connectivity index (χ3v) is 2.96. The van der Waals surface area contributed by atoms with E-state index in [1.165, 1.54) is 0 Å². The maximum Gasteiger partial charge on any atom is 0.154 e. The van der Waals surface area contributed by atoms with E-state index in [4.69, 9.17) is 0 Å². The molecule has 0 bridgehead atoms. The minimum atomic E-state index is 0.248. The standard InChI is InChI=1S/C15H16N4O/c1-10(2)17-14-7-8-15-16-9-13(19(15)18-14)11-3-5-12(20)6-4-11/h3-10,20H,1-2H3,(H,17,18). The molecule has 1 aromatic carbocycles. The molecule has 0 atom stereocenters. The number of phenolic OH excluding ortho intramolecular Hbond substituents is 1. The Morgan fingerprint density at radius 2 is 1.85 bits per heavy atom. The van der Waals surface area contributed by atoms with Gasteiger partial charge in [0.05, 0.1) is 11.9 Å². The first-order valence-corrected chi connectivity index (χ1v) is 6.54. The van der Waals surface area contributed by atoms with Gasteiger partial charge in [-0.3, -0.25) is 0 Å². The van der Waals surface area contributed by atoms with Gasteiger partial charge < -0.3 is 10.4 Å². The van der Waals surface area contributed by atoms with Crippen molar-refractivity contribution in [3.8, 4) is 17.0 Å². The van der Waals surface area contributed by atoms with Crippen LogP contribution < -0.4 is 5.32 Å². The maximum atomic E-state index is 9.36. The molecule has 3 rings (SSSR count). The van der Waals surface area contributed by atoms with E-state index in [0.29, 0.717) is 6.04 Å². The van der Waals surface area contributed by atoms with Gasteiger partial charge in [-0.1, -0.05) is 0 Å². The van der Waals surface area contributed by atoms with Crippen molar-refractivity contribution in [2.45, 2.75) is 19.9 Å². The summed E-state index contributed by atoms with van der Waals surface area (Å²) >= 11 is 0. The van der Waals surface area contributed by atoms with Crippen LogP contribution in [0.2, 0.25) is 0 Å².